The highest BCUT2D eigenvalue weighted by Gasteiger charge is 2.29. The molecule has 2 aromatic carbocycles. The van der Waals surface area contributed by atoms with Crippen molar-refractivity contribution < 1.29 is 8.42 Å². The van der Waals surface area contributed by atoms with Gasteiger partial charge in [0.15, 0.2) is 0 Å². The molecule has 2 N–H and O–H groups in total. The van der Waals surface area contributed by atoms with E-state index >= 15 is 0 Å². The quantitative estimate of drug-likeness (QED) is 0.868. The minimum atomic E-state index is -3.56. The maximum Gasteiger partial charge on any atom is 0.264 e. The first kappa shape index (κ1) is 13.9. The molecule has 0 amide bonds. The lowest BCUT2D eigenvalue weighted by molar-refractivity contribution is 0.586. The molecule has 5 heteroatoms. The summed E-state index contributed by atoms with van der Waals surface area (Å²) in [4.78, 5) is 0.246. The van der Waals surface area contributed by atoms with Crippen molar-refractivity contribution in [3.05, 3.63) is 53.6 Å². The summed E-state index contributed by atoms with van der Waals surface area (Å²) in [5, 5.41) is 0. The summed E-state index contributed by atoms with van der Waals surface area (Å²) in [5.74, 6) is 0. The first-order valence-electron chi connectivity index (χ1n) is 6.96. The third-order valence-corrected chi connectivity index (χ3v) is 5.57. The number of hydrogen-bond donors (Lipinski definition) is 1. The molecule has 0 spiro atoms. The number of nitrogens with zero attached hydrogens (tertiary/aromatic N) is 1. The van der Waals surface area contributed by atoms with Gasteiger partial charge in [0.25, 0.3) is 10.0 Å². The number of anilines is 2. The third-order valence-electron chi connectivity index (χ3n) is 3.76. The molecule has 0 aromatic heterocycles. The van der Waals surface area contributed by atoms with Crippen LogP contribution in [0.4, 0.5) is 11.4 Å². The summed E-state index contributed by atoms with van der Waals surface area (Å²) in [6.45, 7) is 2.53. The predicted octanol–water partition coefficient (Wildman–Crippen LogP) is 2.72. The van der Waals surface area contributed by atoms with Gasteiger partial charge in [-0.1, -0.05) is 23.8 Å². The van der Waals surface area contributed by atoms with Crippen LogP contribution in [0.3, 0.4) is 0 Å². The van der Waals surface area contributed by atoms with Crippen molar-refractivity contribution in [3.63, 3.8) is 0 Å². The second kappa shape index (κ2) is 5.07. The van der Waals surface area contributed by atoms with E-state index < -0.39 is 10.0 Å². The van der Waals surface area contributed by atoms with Gasteiger partial charge >= 0.3 is 0 Å². The lowest BCUT2D eigenvalue weighted by Gasteiger charge is -2.30. The second-order valence-corrected chi connectivity index (χ2v) is 7.25. The fourth-order valence-electron chi connectivity index (χ4n) is 2.74. The molecule has 0 saturated heterocycles. The van der Waals surface area contributed by atoms with Gasteiger partial charge < -0.3 is 5.73 Å². The highest BCUT2D eigenvalue weighted by Crippen LogP contribution is 2.32. The molecule has 0 atom stereocenters. The minimum absolute atomic E-state index is 0.246. The Balaban J connectivity index is 2.09. The van der Waals surface area contributed by atoms with Crippen LogP contribution >= 0.6 is 0 Å². The van der Waals surface area contributed by atoms with Crippen LogP contribution in [0.2, 0.25) is 0 Å². The summed E-state index contributed by atoms with van der Waals surface area (Å²) in [5.41, 5.74) is 9.20. The maximum atomic E-state index is 12.9. The van der Waals surface area contributed by atoms with E-state index in [1.807, 2.05) is 19.1 Å². The molecule has 0 aliphatic carbocycles. The number of sulfonamides is 1. The van der Waals surface area contributed by atoms with Gasteiger partial charge in [0, 0.05) is 12.2 Å². The van der Waals surface area contributed by atoms with Gasteiger partial charge in [0.05, 0.1) is 10.6 Å². The van der Waals surface area contributed by atoms with Gasteiger partial charge in [-0.3, -0.25) is 4.31 Å². The van der Waals surface area contributed by atoms with E-state index in [4.69, 9.17) is 5.73 Å². The highest BCUT2D eigenvalue weighted by atomic mass is 32.2. The summed E-state index contributed by atoms with van der Waals surface area (Å²) >= 11 is 0. The third kappa shape index (κ3) is 2.49. The fourth-order valence-corrected chi connectivity index (χ4v) is 4.34. The first-order chi connectivity index (χ1) is 9.98. The van der Waals surface area contributed by atoms with Crippen LogP contribution in [-0.2, 0) is 16.4 Å². The standard InChI is InChI=1S/C16H18N2O2S/c1-12-7-8-16-13(10-12)4-3-9-18(16)21(19,20)15-6-2-5-14(17)11-15/h2,5-8,10-11H,3-4,9,17H2,1H3. The maximum absolute atomic E-state index is 12.9. The van der Waals surface area contributed by atoms with Crippen LogP contribution in [0.1, 0.15) is 17.5 Å². The smallest absolute Gasteiger partial charge is 0.264 e. The predicted molar refractivity (Wildman–Crippen MR) is 84.9 cm³/mol. The summed E-state index contributed by atoms with van der Waals surface area (Å²) in [7, 11) is -3.56. The summed E-state index contributed by atoms with van der Waals surface area (Å²) in [6.07, 6.45) is 1.75. The van der Waals surface area contributed by atoms with E-state index in [9.17, 15) is 8.42 Å². The fraction of sp³-hybridized carbons (Fsp3) is 0.250. The largest absolute Gasteiger partial charge is 0.399 e. The van der Waals surface area contributed by atoms with E-state index in [1.54, 1.807) is 18.2 Å². The van der Waals surface area contributed by atoms with E-state index in [0.29, 0.717) is 12.2 Å². The molecule has 21 heavy (non-hydrogen) atoms. The Labute approximate surface area is 125 Å². The Morgan fingerprint density at radius 1 is 1.14 bits per heavy atom. The van der Waals surface area contributed by atoms with Crippen molar-refractivity contribution >= 4 is 21.4 Å². The number of hydrogen-bond acceptors (Lipinski definition) is 3. The molecule has 1 aliphatic heterocycles. The van der Waals surface area contributed by atoms with Crippen LogP contribution in [0, 0.1) is 6.92 Å². The number of benzene rings is 2. The Morgan fingerprint density at radius 3 is 2.71 bits per heavy atom. The molecule has 3 rings (SSSR count). The molecule has 0 bridgehead atoms. The molecule has 1 heterocycles. The Morgan fingerprint density at radius 2 is 1.95 bits per heavy atom. The van der Waals surface area contributed by atoms with Crippen LogP contribution in [0.25, 0.3) is 0 Å². The lowest BCUT2D eigenvalue weighted by Crippen LogP contribution is -2.35. The average molecular weight is 302 g/mol. The Kier molecular flexibility index (Phi) is 3.37. The number of aryl methyl sites for hydroxylation is 2. The Bertz CT molecular complexity index is 785. The summed E-state index contributed by atoms with van der Waals surface area (Å²) < 4.78 is 27.2. The van der Waals surface area contributed by atoms with Crippen LogP contribution in [0.15, 0.2) is 47.4 Å². The number of rotatable bonds is 2. The topological polar surface area (TPSA) is 63.4 Å². The number of fused-ring (bicyclic) bond motifs is 1. The van der Waals surface area contributed by atoms with Crippen molar-refractivity contribution in [3.8, 4) is 0 Å². The van der Waals surface area contributed by atoms with Gasteiger partial charge in [0.2, 0.25) is 0 Å². The van der Waals surface area contributed by atoms with Crippen molar-refractivity contribution in [2.24, 2.45) is 0 Å². The zero-order chi connectivity index (χ0) is 15.0. The molecule has 0 radical (unpaired) electrons. The van der Waals surface area contributed by atoms with E-state index in [1.165, 1.54) is 10.4 Å². The SMILES string of the molecule is Cc1ccc2c(c1)CCCN2S(=O)(=O)c1cccc(N)c1. The van der Waals surface area contributed by atoms with Crippen LogP contribution in [-0.4, -0.2) is 15.0 Å². The van der Waals surface area contributed by atoms with Crippen LogP contribution in [0.5, 0.6) is 0 Å². The van der Waals surface area contributed by atoms with Gasteiger partial charge in [0.1, 0.15) is 0 Å². The summed E-state index contributed by atoms with van der Waals surface area (Å²) in [6, 6.07) is 12.4. The molecular weight excluding hydrogens is 284 g/mol. The van der Waals surface area contributed by atoms with Gasteiger partial charge in [-0.15, -0.1) is 0 Å². The minimum Gasteiger partial charge on any atom is -0.399 e. The van der Waals surface area contributed by atoms with Crippen molar-refractivity contribution in [1.82, 2.24) is 0 Å². The number of nitrogens with two attached hydrogens (primary N) is 1. The van der Waals surface area contributed by atoms with E-state index in [-0.39, 0.29) is 4.90 Å². The molecular formula is C16H18N2O2S. The van der Waals surface area contributed by atoms with E-state index in [2.05, 4.69) is 6.07 Å². The van der Waals surface area contributed by atoms with Gasteiger partial charge in [-0.05, 0) is 49.6 Å². The monoisotopic (exact) mass is 302 g/mol. The molecule has 0 unspecified atom stereocenters. The van der Waals surface area contributed by atoms with Crippen LogP contribution < -0.4 is 10.0 Å². The average Bonchev–Trinajstić information content (AvgIpc) is 2.46. The molecule has 0 saturated carbocycles. The van der Waals surface area contributed by atoms with E-state index in [0.717, 1.165) is 29.7 Å². The first-order valence-corrected chi connectivity index (χ1v) is 8.40. The molecule has 110 valence electrons. The highest BCUT2D eigenvalue weighted by molar-refractivity contribution is 7.92. The lowest BCUT2D eigenvalue weighted by atomic mass is 10.0. The molecule has 0 fully saturated rings. The van der Waals surface area contributed by atoms with Gasteiger partial charge in [-0.2, -0.15) is 0 Å². The number of nitrogen functional groups attached to an aromatic ring is 1. The van der Waals surface area contributed by atoms with Crippen molar-refractivity contribution in [2.45, 2.75) is 24.7 Å². The van der Waals surface area contributed by atoms with Crippen molar-refractivity contribution in [2.75, 3.05) is 16.6 Å². The molecule has 1 aliphatic rings. The van der Waals surface area contributed by atoms with Gasteiger partial charge in [-0.25, -0.2) is 8.42 Å². The molecule has 4 nitrogen and oxygen atoms in total. The zero-order valence-electron chi connectivity index (χ0n) is 11.9. The van der Waals surface area contributed by atoms with Crippen molar-refractivity contribution in [1.29, 1.82) is 0 Å². The Hall–Kier alpha value is -2.01. The zero-order valence-corrected chi connectivity index (χ0v) is 12.7. The molecule has 2 aromatic rings. The second-order valence-electron chi connectivity index (χ2n) is 5.39. The normalized spacial score (nSPS) is 14.8.